The molecule has 7 nitrogen and oxygen atoms in total. The smallest absolute Gasteiger partial charge is 0.226 e. The Morgan fingerprint density at radius 1 is 1.32 bits per heavy atom. The van der Waals surface area contributed by atoms with Gasteiger partial charge < -0.3 is 15.2 Å². The van der Waals surface area contributed by atoms with Crippen molar-refractivity contribution in [1.29, 1.82) is 0 Å². The fourth-order valence-corrected chi connectivity index (χ4v) is 2.24. The summed E-state index contributed by atoms with van der Waals surface area (Å²) in [5, 5.41) is 3.95. The molecule has 22 heavy (non-hydrogen) atoms. The number of piperazine rings is 1. The summed E-state index contributed by atoms with van der Waals surface area (Å²) in [6.45, 7) is 8.08. The van der Waals surface area contributed by atoms with Gasteiger partial charge in [-0.25, -0.2) is 0 Å². The molecule has 0 radical (unpaired) electrons. The van der Waals surface area contributed by atoms with E-state index in [1.807, 2.05) is 18.7 Å². The van der Waals surface area contributed by atoms with Crippen LogP contribution < -0.4 is 5.73 Å². The average Bonchev–Trinajstić information content (AvgIpc) is 2.94. The average molecular weight is 354 g/mol. The SMILES string of the molecule is CCc1nc(CN2CCN(C(=O)C(C)CN)CC2)no1.Cl.Cl. The number of nitrogens with zero attached hydrogens (tertiary/aromatic N) is 4. The fourth-order valence-electron chi connectivity index (χ4n) is 2.24. The number of amides is 1. The van der Waals surface area contributed by atoms with Gasteiger partial charge in [-0.1, -0.05) is 19.0 Å². The van der Waals surface area contributed by atoms with Crippen molar-refractivity contribution in [3.05, 3.63) is 11.7 Å². The first-order chi connectivity index (χ1) is 9.63. The molecule has 0 spiro atoms. The number of aryl methyl sites for hydroxylation is 1. The molecule has 1 unspecified atom stereocenters. The predicted molar refractivity (Wildman–Crippen MR) is 88.2 cm³/mol. The number of hydrogen-bond donors (Lipinski definition) is 1. The van der Waals surface area contributed by atoms with E-state index in [4.69, 9.17) is 10.3 Å². The molecule has 1 aromatic rings. The van der Waals surface area contributed by atoms with Gasteiger partial charge in [0.05, 0.1) is 6.54 Å². The third-order valence-electron chi connectivity index (χ3n) is 3.64. The first-order valence-electron chi connectivity index (χ1n) is 7.16. The first-order valence-corrected chi connectivity index (χ1v) is 7.16. The third-order valence-corrected chi connectivity index (χ3v) is 3.64. The number of hydrogen-bond acceptors (Lipinski definition) is 6. The summed E-state index contributed by atoms with van der Waals surface area (Å²) in [4.78, 5) is 20.5. The standard InChI is InChI=1S/C13H23N5O2.2ClH/c1-3-12-15-11(16-20-12)9-17-4-6-18(7-5-17)13(19)10(2)8-14;;/h10H,3-9,14H2,1-2H3;2*1H. The van der Waals surface area contributed by atoms with Gasteiger partial charge in [0, 0.05) is 45.1 Å². The molecular weight excluding hydrogens is 329 g/mol. The number of carbonyl (C=O) groups excluding carboxylic acids is 1. The third kappa shape index (κ3) is 5.39. The number of rotatable bonds is 5. The Bertz CT molecular complexity index is 449. The molecule has 2 rings (SSSR count). The number of nitrogens with two attached hydrogens (primary N) is 1. The maximum Gasteiger partial charge on any atom is 0.226 e. The minimum Gasteiger partial charge on any atom is -0.340 e. The van der Waals surface area contributed by atoms with Crippen LogP contribution in [0.2, 0.25) is 0 Å². The lowest BCUT2D eigenvalue weighted by atomic mass is 10.1. The van der Waals surface area contributed by atoms with Crippen molar-refractivity contribution >= 4 is 30.7 Å². The summed E-state index contributed by atoms with van der Waals surface area (Å²) in [6.07, 6.45) is 0.756. The van der Waals surface area contributed by atoms with Crippen LogP contribution in [0.15, 0.2) is 4.52 Å². The quantitative estimate of drug-likeness (QED) is 0.838. The van der Waals surface area contributed by atoms with Gasteiger partial charge in [-0.3, -0.25) is 9.69 Å². The van der Waals surface area contributed by atoms with E-state index in [0.717, 1.165) is 38.4 Å². The maximum atomic E-state index is 12.0. The molecule has 2 N–H and O–H groups in total. The fraction of sp³-hybridized carbons (Fsp3) is 0.769. The zero-order valence-electron chi connectivity index (χ0n) is 13.0. The predicted octanol–water partition coefficient (Wildman–Crippen LogP) is 0.715. The lowest BCUT2D eigenvalue weighted by Gasteiger charge is -2.35. The van der Waals surface area contributed by atoms with E-state index in [0.29, 0.717) is 19.0 Å². The lowest BCUT2D eigenvalue weighted by molar-refractivity contribution is -0.136. The minimum absolute atomic E-state index is 0. The van der Waals surface area contributed by atoms with Crippen molar-refractivity contribution in [3.63, 3.8) is 0 Å². The second-order valence-corrected chi connectivity index (χ2v) is 5.20. The Kier molecular flexibility index (Phi) is 9.59. The molecule has 0 aliphatic carbocycles. The van der Waals surface area contributed by atoms with Crippen LogP contribution in [0.3, 0.4) is 0 Å². The van der Waals surface area contributed by atoms with E-state index >= 15 is 0 Å². The van der Waals surface area contributed by atoms with E-state index in [1.54, 1.807) is 0 Å². The van der Waals surface area contributed by atoms with E-state index in [9.17, 15) is 4.79 Å². The van der Waals surface area contributed by atoms with Gasteiger partial charge >= 0.3 is 0 Å². The summed E-state index contributed by atoms with van der Waals surface area (Å²) >= 11 is 0. The molecule has 1 fully saturated rings. The molecular formula is C13H25Cl2N5O2. The van der Waals surface area contributed by atoms with Crippen LogP contribution in [0, 0.1) is 5.92 Å². The number of aromatic nitrogens is 2. The second-order valence-electron chi connectivity index (χ2n) is 5.20. The van der Waals surface area contributed by atoms with Crippen LogP contribution in [0.25, 0.3) is 0 Å². The molecule has 0 saturated carbocycles. The first kappa shape index (κ1) is 21.1. The highest BCUT2D eigenvalue weighted by molar-refractivity contribution is 5.85. The van der Waals surface area contributed by atoms with Crippen molar-refractivity contribution in [2.45, 2.75) is 26.8 Å². The molecule has 128 valence electrons. The summed E-state index contributed by atoms with van der Waals surface area (Å²) < 4.78 is 5.09. The summed E-state index contributed by atoms with van der Waals surface area (Å²) in [5.41, 5.74) is 5.54. The Balaban J connectivity index is 0.00000220. The molecule has 1 aromatic heterocycles. The van der Waals surface area contributed by atoms with Crippen molar-refractivity contribution in [1.82, 2.24) is 19.9 Å². The minimum atomic E-state index is -0.0918. The zero-order valence-corrected chi connectivity index (χ0v) is 14.7. The largest absolute Gasteiger partial charge is 0.340 e. The van der Waals surface area contributed by atoms with Crippen LogP contribution in [-0.4, -0.2) is 58.6 Å². The molecule has 0 bridgehead atoms. The van der Waals surface area contributed by atoms with Gasteiger partial charge in [-0.2, -0.15) is 4.98 Å². The maximum absolute atomic E-state index is 12.0. The van der Waals surface area contributed by atoms with Gasteiger partial charge in [0.25, 0.3) is 0 Å². The van der Waals surface area contributed by atoms with E-state index in [1.165, 1.54) is 0 Å². The molecule has 2 heterocycles. The lowest BCUT2D eigenvalue weighted by Crippen LogP contribution is -2.50. The molecule has 1 aliphatic heterocycles. The Labute approximate surface area is 143 Å². The number of carbonyl (C=O) groups is 1. The van der Waals surface area contributed by atoms with E-state index < -0.39 is 0 Å². The van der Waals surface area contributed by atoms with Gasteiger partial charge in [-0.15, -0.1) is 24.8 Å². The summed E-state index contributed by atoms with van der Waals surface area (Å²) in [7, 11) is 0. The second kappa shape index (κ2) is 9.99. The van der Waals surface area contributed by atoms with Crippen LogP contribution in [0.5, 0.6) is 0 Å². The van der Waals surface area contributed by atoms with Crippen LogP contribution in [0.4, 0.5) is 0 Å². The van der Waals surface area contributed by atoms with Crippen molar-refractivity contribution in [2.24, 2.45) is 11.7 Å². The molecule has 9 heteroatoms. The van der Waals surface area contributed by atoms with Crippen LogP contribution >= 0.6 is 24.8 Å². The molecule has 1 atom stereocenters. The highest BCUT2D eigenvalue weighted by Gasteiger charge is 2.24. The van der Waals surface area contributed by atoms with Crippen LogP contribution in [-0.2, 0) is 17.8 Å². The summed E-state index contributed by atoms with van der Waals surface area (Å²) in [6, 6.07) is 0. The van der Waals surface area contributed by atoms with Crippen LogP contribution in [0.1, 0.15) is 25.6 Å². The molecule has 1 saturated heterocycles. The topological polar surface area (TPSA) is 88.5 Å². The highest BCUT2D eigenvalue weighted by atomic mass is 35.5. The van der Waals surface area contributed by atoms with E-state index in [-0.39, 0.29) is 36.6 Å². The van der Waals surface area contributed by atoms with Gasteiger partial charge in [0.15, 0.2) is 5.82 Å². The Morgan fingerprint density at radius 2 is 1.95 bits per heavy atom. The van der Waals surface area contributed by atoms with Crippen molar-refractivity contribution < 1.29 is 9.32 Å². The van der Waals surface area contributed by atoms with Crippen molar-refractivity contribution in [3.8, 4) is 0 Å². The molecule has 1 amide bonds. The van der Waals surface area contributed by atoms with Crippen molar-refractivity contribution in [2.75, 3.05) is 32.7 Å². The molecule has 1 aliphatic rings. The zero-order chi connectivity index (χ0) is 14.5. The van der Waals surface area contributed by atoms with Gasteiger partial charge in [-0.05, 0) is 0 Å². The highest BCUT2D eigenvalue weighted by Crippen LogP contribution is 2.09. The summed E-state index contributed by atoms with van der Waals surface area (Å²) in [5.74, 6) is 1.45. The van der Waals surface area contributed by atoms with Gasteiger partial charge in [0.1, 0.15) is 0 Å². The number of halogens is 2. The Hall–Kier alpha value is -0.890. The molecule has 0 aromatic carbocycles. The normalized spacial score (nSPS) is 16.6. The van der Waals surface area contributed by atoms with E-state index in [2.05, 4.69) is 15.0 Å². The van der Waals surface area contributed by atoms with Gasteiger partial charge in [0.2, 0.25) is 11.8 Å². The monoisotopic (exact) mass is 353 g/mol. The Morgan fingerprint density at radius 3 is 2.45 bits per heavy atom.